The molecule has 0 saturated heterocycles. The van der Waals surface area contributed by atoms with Crippen molar-refractivity contribution in [1.82, 2.24) is 14.8 Å². The van der Waals surface area contributed by atoms with E-state index in [1.165, 1.54) is 0 Å². The first-order chi connectivity index (χ1) is 8.96. The summed E-state index contributed by atoms with van der Waals surface area (Å²) in [6, 6.07) is 0.457. The Morgan fingerprint density at radius 2 is 2.11 bits per heavy atom. The van der Waals surface area contributed by atoms with Crippen LogP contribution in [-0.4, -0.2) is 26.5 Å². The number of nitrogens with zero attached hydrogens (tertiary/aromatic N) is 3. The van der Waals surface area contributed by atoms with E-state index in [-0.39, 0.29) is 0 Å². The van der Waals surface area contributed by atoms with Crippen molar-refractivity contribution in [3.8, 4) is 0 Å². The average molecular weight is 266 g/mol. The minimum Gasteiger partial charge on any atom is -0.444 e. The largest absolute Gasteiger partial charge is 0.444 e. The highest BCUT2D eigenvalue weighted by Crippen LogP contribution is 2.36. The molecule has 2 rings (SSSR count). The van der Waals surface area contributed by atoms with E-state index in [9.17, 15) is 4.79 Å². The third kappa shape index (κ3) is 3.94. The summed E-state index contributed by atoms with van der Waals surface area (Å²) in [6.45, 7) is 3.84. The molecule has 19 heavy (non-hydrogen) atoms. The normalized spacial score (nSPS) is 24.1. The highest BCUT2D eigenvalue weighted by Gasteiger charge is 2.30. The standard InChI is InChI=1S/C13H22N4O2/c1-13(2,19-12(14)18)7-10-3-5-11(6-4-10)17-9-15-8-16-17/h8-11H,3-7H2,1-2H3,(H2,14,18). The molecule has 0 atom stereocenters. The number of primary amides is 1. The number of aromatic nitrogens is 3. The zero-order chi connectivity index (χ0) is 13.9. The van der Waals surface area contributed by atoms with Crippen LogP contribution in [0.5, 0.6) is 0 Å². The summed E-state index contributed by atoms with van der Waals surface area (Å²) in [6.07, 6.45) is 7.97. The number of hydrogen-bond acceptors (Lipinski definition) is 4. The second-order valence-corrected chi connectivity index (χ2v) is 5.93. The lowest BCUT2D eigenvalue weighted by molar-refractivity contribution is 0.0198. The van der Waals surface area contributed by atoms with E-state index in [1.807, 2.05) is 18.5 Å². The Morgan fingerprint density at radius 3 is 2.63 bits per heavy atom. The minimum absolute atomic E-state index is 0.457. The van der Waals surface area contributed by atoms with Crippen molar-refractivity contribution in [3.63, 3.8) is 0 Å². The minimum atomic E-state index is -0.693. The topological polar surface area (TPSA) is 83.0 Å². The van der Waals surface area contributed by atoms with Gasteiger partial charge >= 0.3 is 6.09 Å². The van der Waals surface area contributed by atoms with Gasteiger partial charge in [0.2, 0.25) is 0 Å². The Kier molecular flexibility index (Phi) is 4.07. The molecule has 0 aromatic carbocycles. The molecule has 6 heteroatoms. The molecule has 1 aliphatic rings. The number of ether oxygens (including phenoxy) is 1. The maximum atomic E-state index is 10.8. The van der Waals surface area contributed by atoms with Crippen molar-refractivity contribution < 1.29 is 9.53 Å². The SMILES string of the molecule is CC(C)(CC1CCC(n2cncn2)CC1)OC(N)=O. The summed E-state index contributed by atoms with van der Waals surface area (Å²) >= 11 is 0. The summed E-state index contributed by atoms with van der Waals surface area (Å²) in [5, 5.41) is 4.20. The molecule has 0 unspecified atom stereocenters. The van der Waals surface area contributed by atoms with Crippen molar-refractivity contribution in [2.45, 2.75) is 57.6 Å². The Balaban J connectivity index is 1.82. The van der Waals surface area contributed by atoms with Crippen LogP contribution < -0.4 is 5.73 Å². The van der Waals surface area contributed by atoms with Crippen molar-refractivity contribution in [1.29, 1.82) is 0 Å². The van der Waals surface area contributed by atoms with Crippen LogP contribution in [-0.2, 0) is 4.74 Å². The van der Waals surface area contributed by atoms with Gasteiger partial charge in [-0.1, -0.05) is 0 Å². The molecular weight excluding hydrogens is 244 g/mol. The van der Waals surface area contributed by atoms with Crippen molar-refractivity contribution in [3.05, 3.63) is 12.7 Å². The molecule has 1 heterocycles. The zero-order valence-electron chi connectivity index (χ0n) is 11.6. The predicted molar refractivity (Wildman–Crippen MR) is 70.4 cm³/mol. The van der Waals surface area contributed by atoms with Gasteiger partial charge in [0.25, 0.3) is 0 Å². The number of amides is 1. The van der Waals surface area contributed by atoms with Crippen LogP contribution in [0, 0.1) is 5.92 Å². The van der Waals surface area contributed by atoms with Gasteiger partial charge in [0.1, 0.15) is 18.3 Å². The average Bonchev–Trinajstić information content (AvgIpc) is 2.81. The van der Waals surface area contributed by atoms with Crippen LogP contribution in [0.15, 0.2) is 12.7 Å². The Labute approximate surface area is 113 Å². The van der Waals surface area contributed by atoms with E-state index in [0.29, 0.717) is 12.0 Å². The first-order valence-corrected chi connectivity index (χ1v) is 6.79. The molecule has 0 aliphatic heterocycles. The molecule has 1 aromatic heterocycles. The Bertz CT molecular complexity index is 408. The molecule has 2 N–H and O–H groups in total. The first kappa shape index (κ1) is 13.8. The second kappa shape index (κ2) is 5.59. The molecule has 1 aliphatic carbocycles. The van der Waals surface area contributed by atoms with Gasteiger partial charge in [0.05, 0.1) is 6.04 Å². The summed E-state index contributed by atoms with van der Waals surface area (Å²) < 4.78 is 7.10. The highest BCUT2D eigenvalue weighted by atomic mass is 16.6. The number of carbonyl (C=O) groups is 1. The maximum Gasteiger partial charge on any atom is 0.405 e. The third-order valence-electron chi connectivity index (χ3n) is 3.78. The molecular formula is C13H22N4O2. The Hall–Kier alpha value is -1.59. The molecule has 0 radical (unpaired) electrons. The maximum absolute atomic E-state index is 10.8. The van der Waals surface area contributed by atoms with Crippen molar-refractivity contribution >= 4 is 6.09 Å². The van der Waals surface area contributed by atoms with Gasteiger partial charge in [0, 0.05) is 0 Å². The second-order valence-electron chi connectivity index (χ2n) is 5.93. The van der Waals surface area contributed by atoms with Crippen LogP contribution in [0.4, 0.5) is 4.79 Å². The van der Waals surface area contributed by atoms with Crippen LogP contribution in [0.2, 0.25) is 0 Å². The van der Waals surface area contributed by atoms with Crippen molar-refractivity contribution in [2.75, 3.05) is 0 Å². The molecule has 1 amide bonds. The molecule has 106 valence electrons. The zero-order valence-corrected chi connectivity index (χ0v) is 11.6. The summed E-state index contributed by atoms with van der Waals surface area (Å²) in [5.74, 6) is 0.578. The van der Waals surface area contributed by atoms with E-state index in [0.717, 1.165) is 32.1 Å². The Morgan fingerprint density at radius 1 is 1.42 bits per heavy atom. The fourth-order valence-corrected chi connectivity index (χ4v) is 3.03. The molecule has 0 spiro atoms. The lowest BCUT2D eigenvalue weighted by Gasteiger charge is -2.33. The van der Waals surface area contributed by atoms with Crippen LogP contribution in [0.1, 0.15) is 52.0 Å². The van der Waals surface area contributed by atoms with Crippen LogP contribution in [0.25, 0.3) is 0 Å². The molecule has 6 nitrogen and oxygen atoms in total. The van der Waals surface area contributed by atoms with E-state index in [4.69, 9.17) is 10.5 Å². The fourth-order valence-electron chi connectivity index (χ4n) is 3.03. The summed E-state index contributed by atoms with van der Waals surface area (Å²) in [4.78, 5) is 14.8. The van der Waals surface area contributed by atoms with Gasteiger partial charge < -0.3 is 10.5 Å². The van der Waals surface area contributed by atoms with Gasteiger partial charge in [0.15, 0.2) is 0 Å². The van der Waals surface area contributed by atoms with E-state index >= 15 is 0 Å². The monoisotopic (exact) mass is 266 g/mol. The summed E-state index contributed by atoms with van der Waals surface area (Å²) in [5.41, 5.74) is 4.61. The molecule has 0 bridgehead atoms. The van der Waals surface area contributed by atoms with Gasteiger partial charge in [-0.2, -0.15) is 5.10 Å². The summed E-state index contributed by atoms with van der Waals surface area (Å²) in [7, 11) is 0. The van der Waals surface area contributed by atoms with Gasteiger partial charge in [-0.05, 0) is 51.9 Å². The van der Waals surface area contributed by atoms with E-state index in [1.54, 1.807) is 12.7 Å². The fraction of sp³-hybridized carbons (Fsp3) is 0.769. The van der Waals surface area contributed by atoms with E-state index in [2.05, 4.69) is 10.1 Å². The van der Waals surface area contributed by atoms with Crippen LogP contribution >= 0.6 is 0 Å². The van der Waals surface area contributed by atoms with Gasteiger partial charge in [-0.25, -0.2) is 14.5 Å². The number of hydrogen-bond donors (Lipinski definition) is 1. The lowest BCUT2D eigenvalue weighted by Crippen LogP contribution is -2.34. The molecule has 1 fully saturated rings. The number of carbonyl (C=O) groups excluding carboxylic acids is 1. The molecule has 1 saturated carbocycles. The van der Waals surface area contributed by atoms with Crippen LogP contribution in [0.3, 0.4) is 0 Å². The quantitative estimate of drug-likeness (QED) is 0.906. The third-order valence-corrected chi connectivity index (χ3v) is 3.78. The number of rotatable bonds is 4. The lowest BCUT2D eigenvalue weighted by atomic mass is 9.80. The first-order valence-electron chi connectivity index (χ1n) is 6.79. The predicted octanol–water partition coefficient (Wildman–Crippen LogP) is 2.27. The number of nitrogens with two attached hydrogens (primary N) is 1. The van der Waals surface area contributed by atoms with Gasteiger partial charge in [-0.3, -0.25) is 0 Å². The smallest absolute Gasteiger partial charge is 0.405 e. The molecule has 1 aromatic rings. The van der Waals surface area contributed by atoms with Crippen molar-refractivity contribution in [2.24, 2.45) is 11.7 Å². The highest BCUT2D eigenvalue weighted by molar-refractivity contribution is 5.65. The van der Waals surface area contributed by atoms with Gasteiger partial charge in [-0.15, -0.1) is 0 Å². The van der Waals surface area contributed by atoms with E-state index < -0.39 is 11.7 Å².